The van der Waals surface area contributed by atoms with Gasteiger partial charge in [0.05, 0.1) is 5.56 Å². The van der Waals surface area contributed by atoms with E-state index in [1.54, 1.807) is 13.0 Å². The normalized spacial score (nSPS) is 10.7. The van der Waals surface area contributed by atoms with E-state index in [0.717, 1.165) is 0 Å². The first-order chi connectivity index (χ1) is 6.59. The summed E-state index contributed by atoms with van der Waals surface area (Å²) in [4.78, 5) is 10.8. The van der Waals surface area contributed by atoms with Gasteiger partial charge in [-0.25, -0.2) is 9.18 Å². The Morgan fingerprint density at radius 3 is 2.86 bits per heavy atom. The molecule has 0 aliphatic rings. The van der Waals surface area contributed by atoms with Gasteiger partial charge in [0.15, 0.2) is 0 Å². The van der Waals surface area contributed by atoms with Crippen LogP contribution in [0.4, 0.5) is 4.39 Å². The van der Waals surface area contributed by atoms with Crippen molar-refractivity contribution in [3.8, 4) is 0 Å². The molecule has 2 aromatic rings. The monoisotopic (exact) mass is 210 g/mol. The third-order valence-electron chi connectivity index (χ3n) is 2.09. The number of carbonyl (C=O) groups is 1. The smallest absolute Gasteiger partial charge is 0.337 e. The maximum absolute atomic E-state index is 13.1. The van der Waals surface area contributed by atoms with Gasteiger partial charge in [0.25, 0.3) is 0 Å². The van der Waals surface area contributed by atoms with Crippen molar-refractivity contribution in [3.05, 3.63) is 34.5 Å². The Balaban J connectivity index is 2.80. The van der Waals surface area contributed by atoms with Gasteiger partial charge >= 0.3 is 5.97 Å². The zero-order valence-corrected chi connectivity index (χ0v) is 8.19. The van der Waals surface area contributed by atoms with Gasteiger partial charge in [-0.2, -0.15) is 0 Å². The van der Waals surface area contributed by atoms with Crippen LogP contribution in [0.1, 0.15) is 15.9 Å². The number of rotatable bonds is 1. The summed E-state index contributed by atoms with van der Waals surface area (Å²) in [5, 5.41) is 11.0. The van der Waals surface area contributed by atoms with E-state index in [9.17, 15) is 9.18 Å². The largest absolute Gasteiger partial charge is 0.478 e. The van der Waals surface area contributed by atoms with E-state index in [1.165, 1.54) is 22.8 Å². The van der Waals surface area contributed by atoms with Crippen LogP contribution in [0.15, 0.2) is 17.5 Å². The molecule has 0 saturated heterocycles. The number of aromatic carboxylic acids is 1. The summed E-state index contributed by atoms with van der Waals surface area (Å²) in [7, 11) is 0. The molecule has 4 heteroatoms. The second-order valence-corrected chi connectivity index (χ2v) is 3.96. The van der Waals surface area contributed by atoms with Gasteiger partial charge in [0, 0.05) is 15.5 Å². The number of hydrogen-bond acceptors (Lipinski definition) is 2. The maximum atomic E-state index is 13.1. The van der Waals surface area contributed by atoms with Crippen LogP contribution >= 0.6 is 11.3 Å². The number of hydrogen-bond donors (Lipinski definition) is 1. The zero-order chi connectivity index (χ0) is 10.3. The molecule has 0 unspecified atom stereocenters. The molecule has 0 aliphatic heterocycles. The summed E-state index contributed by atoms with van der Waals surface area (Å²) in [6.07, 6.45) is 0. The number of fused-ring (bicyclic) bond motifs is 1. The molecule has 1 aromatic heterocycles. The zero-order valence-electron chi connectivity index (χ0n) is 7.37. The first-order valence-electron chi connectivity index (χ1n) is 4.00. The van der Waals surface area contributed by atoms with Gasteiger partial charge in [-0.15, -0.1) is 11.3 Å². The molecule has 14 heavy (non-hydrogen) atoms. The van der Waals surface area contributed by atoms with E-state index < -0.39 is 5.97 Å². The second-order valence-electron chi connectivity index (χ2n) is 3.05. The summed E-state index contributed by atoms with van der Waals surface area (Å²) in [5.74, 6) is -1.27. The Labute approximate surface area is 83.6 Å². The predicted molar refractivity (Wildman–Crippen MR) is 53.5 cm³/mol. The van der Waals surface area contributed by atoms with Crippen molar-refractivity contribution in [2.24, 2.45) is 0 Å². The highest BCUT2D eigenvalue weighted by Gasteiger charge is 2.12. The van der Waals surface area contributed by atoms with Crippen molar-refractivity contribution < 1.29 is 14.3 Å². The molecule has 1 aromatic carbocycles. The van der Waals surface area contributed by atoms with E-state index in [1.807, 2.05) is 0 Å². The number of benzene rings is 1. The molecule has 2 nitrogen and oxygen atoms in total. The number of halogens is 1. The molecule has 72 valence electrons. The second kappa shape index (κ2) is 3.06. The van der Waals surface area contributed by atoms with Crippen LogP contribution in [0.2, 0.25) is 0 Å². The topological polar surface area (TPSA) is 37.3 Å². The third kappa shape index (κ3) is 1.28. The summed E-state index contributed by atoms with van der Waals surface area (Å²) < 4.78 is 13.8. The molecule has 0 amide bonds. The molecule has 0 fully saturated rings. The minimum absolute atomic E-state index is 0.244. The summed E-state index contributed by atoms with van der Waals surface area (Å²) in [6, 6.07) is 2.95. The number of thiophene rings is 1. The molecule has 0 atom stereocenters. The van der Waals surface area contributed by atoms with Crippen molar-refractivity contribution in [3.63, 3.8) is 0 Å². The fourth-order valence-electron chi connectivity index (χ4n) is 1.32. The highest BCUT2D eigenvalue weighted by Crippen LogP contribution is 2.28. The van der Waals surface area contributed by atoms with Crippen LogP contribution in [0.3, 0.4) is 0 Å². The van der Waals surface area contributed by atoms with Crippen LogP contribution in [0.5, 0.6) is 0 Å². The fraction of sp³-hybridized carbons (Fsp3) is 0.100. The number of carboxylic acids is 1. The molecule has 2 rings (SSSR count). The Morgan fingerprint density at radius 2 is 2.21 bits per heavy atom. The summed E-state index contributed by atoms with van der Waals surface area (Å²) >= 11 is 1.24. The van der Waals surface area contributed by atoms with Crippen molar-refractivity contribution >= 4 is 27.4 Å². The highest BCUT2D eigenvalue weighted by atomic mass is 32.1. The van der Waals surface area contributed by atoms with Gasteiger partial charge in [-0.3, -0.25) is 0 Å². The lowest BCUT2D eigenvalue weighted by Gasteiger charge is -1.97. The van der Waals surface area contributed by atoms with Crippen LogP contribution < -0.4 is 0 Å². The van der Waals surface area contributed by atoms with Gasteiger partial charge in [0.1, 0.15) is 5.82 Å². The minimum atomic E-state index is -0.970. The van der Waals surface area contributed by atoms with Gasteiger partial charge in [0.2, 0.25) is 0 Å². The van der Waals surface area contributed by atoms with Gasteiger partial charge in [-0.05, 0) is 24.6 Å². The maximum Gasteiger partial charge on any atom is 0.337 e. The van der Waals surface area contributed by atoms with Crippen molar-refractivity contribution in [2.75, 3.05) is 0 Å². The first-order valence-corrected chi connectivity index (χ1v) is 4.88. The SMILES string of the molecule is Cc1cc2c(C(=O)O)csc2cc1F. The van der Waals surface area contributed by atoms with E-state index in [0.29, 0.717) is 15.6 Å². The van der Waals surface area contributed by atoms with Crippen LogP contribution in [-0.4, -0.2) is 11.1 Å². The lowest BCUT2D eigenvalue weighted by atomic mass is 10.1. The average molecular weight is 210 g/mol. The number of carboxylic acid groups (broad SMARTS) is 1. The fourth-order valence-corrected chi connectivity index (χ4v) is 2.26. The predicted octanol–water partition coefficient (Wildman–Crippen LogP) is 3.05. The van der Waals surface area contributed by atoms with Crippen LogP contribution in [0.25, 0.3) is 10.1 Å². The molecule has 0 spiro atoms. The molecular formula is C10H7FO2S. The highest BCUT2D eigenvalue weighted by molar-refractivity contribution is 7.17. The minimum Gasteiger partial charge on any atom is -0.478 e. The van der Waals surface area contributed by atoms with E-state index in [-0.39, 0.29) is 11.4 Å². The molecular weight excluding hydrogens is 203 g/mol. The molecule has 1 N–H and O–H groups in total. The van der Waals surface area contributed by atoms with Gasteiger partial charge < -0.3 is 5.11 Å². The van der Waals surface area contributed by atoms with E-state index in [4.69, 9.17) is 5.11 Å². The molecule has 0 saturated carbocycles. The summed E-state index contributed by atoms with van der Waals surface area (Å²) in [5.41, 5.74) is 0.714. The quantitative estimate of drug-likeness (QED) is 0.785. The summed E-state index contributed by atoms with van der Waals surface area (Å²) in [6.45, 7) is 1.62. The molecule has 0 radical (unpaired) electrons. The number of aryl methyl sites for hydroxylation is 1. The first kappa shape index (κ1) is 9.15. The van der Waals surface area contributed by atoms with E-state index >= 15 is 0 Å². The Hall–Kier alpha value is -1.42. The van der Waals surface area contributed by atoms with Crippen LogP contribution in [0, 0.1) is 12.7 Å². The molecule has 0 aliphatic carbocycles. The average Bonchev–Trinajstić information content (AvgIpc) is 2.48. The Bertz CT molecular complexity index is 516. The lowest BCUT2D eigenvalue weighted by molar-refractivity contribution is 0.0699. The van der Waals surface area contributed by atoms with Crippen LogP contribution in [-0.2, 0) is 0 Å². The lowest BCUT2D eigenvalue weighted by Crippen LogP contribution is -1.94. The van der Waals surface area contributed by atoms with Crippen molar-refractivity contribution in [2.45, 2.75) is 6.92 Å². The third-order valence-corrected chi connectivity index (χ3v) is 3.03. The van der Waals surface area contributed by atoms with Crippen molar-refractivity contribution in [1.82, 2.24) is 0 Å². The van der Waals surface area contributed by atoms with E-state index in [2.05, 4.69) is 0 Å². The Morgan fingerprint density at radius 1 is 1.50 bits per heavy atom. The molecule has 0 bridgehead atoms. The molecule has 1 heterocycles. The van der Waals surface area contributed by atoms with Crippen molar-refractivity contribution in [1.29, 1.82) is 0 Å². The standard InChI is InChI=1S/C10H7FO2S/c1-5-2-6-7(10(12)13)4-14-9(6)3-8(5)11/h2-4H,1H3,(H,12,13). The van der Waals surface area contributed by atoms with Gasteiger partial charge in [-0.1, -0.05) is 0 Å². The Kier molecular flexibility index (Phi) is 2.00.